The van der Waals surface area contributed by atoms with E-state index in [9.17, 15) is 4.79 Å². The Hall–Kier alpha value is -0.410. The minimum absolute atomic E-state index is 0.0561. The molecule has 0 aromatic carbocycles. The van der Waals surface area contributed by atoms with Crippen LogP contribution in [-0.4, -0.2) is 24.8 Å². The molecular weight excluding hydrogens is 144 g/mol. The van der Waals surface area contributed by atoms with E-state index in [0.29, 0.717) is 13.2 Å². The Morgan fingerprint density at radius 2 is 1.73 bits per heavy atom. The van der Waals surface area contributed by atoms with Crippen molar-refractivity contribution in [2.24, 2.45) is 0 Å². The molecule has 1 fully saturated rings. The first-order chi connectivity index (χ1) is 5.15. The summed E-state index contributed by atoms with van der Waals surface area (Å²) in [7, 11) is 0. The van der Waals surface area contributed by atoms with Crippen LogP contribution in [0.4, 0.5) is 0 Å². The third-order valence-corrected chi connectivity index (χ3v) is 1.93. The van der Waals surface area contributed by atoms with Crippen molar-refractivity contribution in [3.8, 4) is 0 Å². The van der Waals surface area contributed by atoms with Crippen molar-refractivity contribution < 1.29 is 14.3 Å². The van der Waals surface area contributed by atoms with Crippen LogP contribution in [0.25, 0.3) is 0 Å². The van der Waals surface area contributed by atoms with E-state index in [0.717, 1.165) is 12.8 Å². The second-order valence-corrected chi connectivity index (χ2v) is 2.91. The van der Waals surface area contributed by atoms with E-state index in [2.05, 4.69) is 0 Å². The zero-order valence-electron chi connectivity index (χ0n) is 7.05. The molecule has 0 amide bonds. The van der Waals surface area contributed by atoms with Crippen LogP contribution in [0.15, 0.2) is 0 Å². The molecule has 0 atom stereocenters. The average molecular weight is 158 g/mol. The van der Waals surface area contributed by atoms with E-state index in [4.69, 9.17) is 9.47 Å². The first kappa shape index (κ1) is 8.68. The molecule has 0 aromatic rings. The van der Waals surface area contributed by atoms with Gasteiger partial charge in [0.05, 0.1) is 13.2 Å². The maximum absolute atomic E-state index is 11.0. The smallest absolute Gasteiger partial charge is 0.225 e. The molecule has 1 aliphatic heterocycles. The largest absolute Gasteiger partial charge is 0.344 e. The monoisotopic (exact) mass is 158 g/mol. The fourth-order valence-electron chi connectivity index (χ4n) is 0.983. The lowest BCUT2D eigenvalue weighted by molar-refractivity contribution is -0.209. The summed E-state index contributed by atoms with van der Waals surface area (Å²) in [6, 6.07) is 0. The van der Waals surface area contributed by atoms with Gasteiger partial charge in [0.2, 0.25) is 5.79 Å². The zero-order chi connectivity index (χ0) is 8.32. The lowest BCUT2D eigenvalue weighted by Gasteiger charge is -2.24. The molecule has 0 radical (unpaired) electrons. The third-order valence-electron chi connectivity index (χ3n) is 1.93. The van der Waals surface area contributed by atoms with Crippen molar-refractivity contribution in [1.82, 2.24) is 0 Å². The minimum atomic E-state index is -0.976. The van der Waals surface area contributed by atoms with Gasteiger partial charge in [0.15, 0.2) is 5.78 Å². The van der Waals surface area contributed by atoms with E-state index < -0.39 is 5.79 Å². The number of Topliss-reactive ketones (excluding diaryl/α,β-unsaturated/α-hetero) is 1. The molecule has 0 N–H and O–H groups in total. The Morgan fingerprint density at radius 3 is 2.09 bits per heavy atom. The molecule has 0 saturated carbocycles. The molecule has 0 bridgehead atoms. The SMILES string of the molecule is CC(=O)C1(C)OCCCCO1. The molecule has 11 heavy (non-hydrogen) atoms. The van der Waals surface area contributed by atoms with Gasteiger partial charge in [0.25, 0.3) is 0 Å². The second-order valence-electron chi connectivity index (χ2n) is 2.91. The minimum Gasteiger partial charge on any atom is -0.344 e. The summed E-state index contributed by atoms with van der Waals surface area (Å²) in [5.41, 5.74) is 0. The van der Waals surface area contributed by atoms with Crippen molar-refractivity contribution in [3.63, 3.8) is 0 Å². The van der Waals surface area contributed by atoms with Crippen molar-refractivity contribution in [2.75, 3.05) is 13.2 Å². The number of hydrogen-bond donors (Lipinski definition) is 0. The van der Waals surface area contributed by atoms with Crippen molar-refractivity contribution in [3.05, 3.63) is 0 Å². The molecule has 64 valence electrons. The van der Waals surface area contributed by atoms with Gasteiger partial charge >= 0.3 is 0 Å². The van der Waals surface area contributed by atoms with Gasteiger partial charge in [-0.3, -0.25) is 4.79 Å². The van der Waals surface area contributed by atoms with Gasteiger partial charge in [-0.05, 0) is 19.8 Å². The number of hydrogen-bond acceptors (Lipinski definition) is 3. The van der Waals surface area contributed by atoms with Gasteiger partial charge in [0.1, 0.15) is 0 Å². The number of ketones is 1. The number of carbonyl (C=O) groups is 1. The predicted molar refractivity (Wildman–Crippen MR) is 40.2 cm³/mol. The van der Waals surface area contributed by atoms with Gasteiger partial charge in [-0.2, -0.15) is 0 Å². The molecule has 1 saturated heterocycles. The van der Waals surface area contributed by atoms with Crippen LogP contribution in [0.1, 0.15) is 26.7 Å². The summed E-state index contributed by atoms with van der Waals surface area (Å²) in [5, 5.41) is 0. The van der Waals surface area contributed by atoms with E-state index in [1.807, 2.05) is 0 Å². The molecule has 1 rings (SSSR count). The standard InChI is InChI=1S/C8H14O3/c1-7(9)8(2)10-5-3-4-6-11-8/h3-6H2,1-2H3. The van der Waals surface area contributed by atoms with Crippen molar-refractivity contribution in [1.29, 1.82) is 0 Å². The van der Waals surface area contributed by atoms with E-state index in [1.165, 1.54) is 6.92 Å². The Labute approximate surface area is 66.7 Å². The van der Waals surface area contributed by atoms with Crippen LogP contribution >= 0.6 is 0 Å². The normalized spacial score (nSPS) is 24.2. The predicted octanol–water partition coefficient (Wildman–Crippen LogP) is 1.12. The lowest BCUT2D eigenvalue weighted by atomic mass is 10.2. The summed E-state index contributed by atoms with van der Waals surface area (Å²) in [6.07, 6.45) is 1.95. The molecule has 0 spiro atoms. The highest BCUT2D eigenvalue weighted by molar-refractivity contribution is 5.82. The van der Waals surface area contributed by atoms with Crippen molar-refractivity contribution >= 4 is 5.78 Å². The van der Waals surface area contributed by atoms with E-state index in [-0.39, 0.29) is 5.78 Å². The summed E-state index contributed by atoms with van der Waals surface area (Å²) < 4.78 is 10.6. The molecule has 0 aromatic heterocycles. The molecular formula is C8H14O3. The fraction of sp³-hybridized carbons (Fsp3) is 0.875. The van der Waals surface area contributed by atoms with Gasteiger partial charge < -0.3 is 9.47 Å². The first-order valence-electron chi connectivity index (χ1n) is 3.94. The number of ether oxygens (including phenoxy) is 2. The highest BCUT2D eigenvalue weighted by atomic mass is 16.7. The van der Waals surface area contributed by atoms with Crippen LogP contribution < -0.4 is 0 Å². The van der Waals surface area contributed by atoms with Gasteiger partial charge in [-0.15, -0.1) is 0 Å². The Balaban J connectivity index is 2.59. The third kappa shape index (κ3) is 2.01. The van der Waals surface area contributed by atoms with Crippen molar-refractivity contribution in [2.45, 2.75) is 32.5 Å². The van der Waals surface area contributed by atoms with E-state index >= 15 is 0 Å². The molecule has 1 heterocycles. The van der Waals surface area contributed by atoms with Gasteiger partial charge in [-0.25, -0.2) is 0 Å². The van der Waals surface area contributed by atoms with Gasteiger partial charge in [0, 0.05) is 6.92 Å². The van der Waals surface area contributed by atoms with Crippen LogP contribution in [0.5, 0.6) is 0 Å². The maximum atomic E-state index is 11.0. The number of rotatable bonds is 1. The first-order valence-corrected chi connectivity index (χ1v) is 3.94. The van der Waals surface area contributed by atoms with Crippen LogP contribution in [-0.2, 0) is 14.3 Å². The quantitative estimate of drug-likeness (QED) is 0.573. The molecule has 3 heteroatoms. The van der Waals surface area contributed by atoms with E-state index in [1.54, 1.807) is 6.92 Å². The fourth-order valence-corrected chi connectivity index (χ4v) is 0.983. The average Bonchev–Trinajstić information content (AvgIpc) is 2.15. The summed E-state index contributed by atoms with van der Waals surface area (Å²) in [6.45, 7) is 4.41. The highest BCUT2D eigenvalue weighted by Crippen LogP contribution is 2.18. The Kier molecular flexibility index (Phi) is 2.62. The second kappa shape index (κ2) is 3.32. The summed E-state index contributed by atoms with van der Waals surface area (Å²) in [4.78, 5) is 11.0. The van der Waals surface area contributed by atoms with Gasteiger partial charge in [-0.1, -0.05) is 0 Å². The topological polar surface area (TPSA) is 35.5 Å². The molecule has 3 nitrogen and oxygen atoms in total. The Bertz CT molecular complexity index is 145. The molecule has 0 unspecified atom stereocenters. The Morgan fingerprint density at radius 1 is 1.27 bits per heavy atom. The highest BCUT2D eigenvalue weighted by Gasteiger charge is 2.32. The van der Waals surface area contributed by atoms with Crippen LogP contribution in [0, 0.1) is 0 Å². The van der Waals surface area contributed by atoms with Crippen LogP contribution in [0.3, 0.4) is 0 Å². The van der Waals surface area contributed by atoms with Crippen LogP contribution in [0.2, 0.25) is 0 Å². The summed E-state index contributed by atoms with van der Waals surface area (Å²) in [5.74, 6) is -1.03. The molecule has 0 aliphatic carbocycles. The molecule has 1 aliphatic rings. The number of carbonyl (C=O) groups excluding carboxylic acids is 1. The maximum Gasteiger partial charge on any atom is 0.225 e. The summed E-state index contributed by atoms with van der Waals surface area (Å²) >= 11 is 0. The lowest BCUT2D eigenvalue weighted by Crippen LogP contribution is -2.39. The zero-order valence-corrected chi connectivity index (χ0v) is 7.05.